The van der Waals surface area contributed by atoms with Crippen LogP contribution in [-0.2, 0) is 4.74 Å². The van der Waals surface area contributed by atoms with E-state index in [0.717, 1.165) is 32.8 Å². The number of nitrogens with zero attached hydrogens (tertiary/aromatic N) is 1. The molecule has 0 spiro atoms. The van der Waals surface area contributed by atoms with Gasteiger partial charge in [-0.2, -0.15) is 0 Å². The van der Waals surface area contributed by atoms with Gasteiger partial charge in [0.2, 0.25) is 0 Å². The summed E-state index contributed by atoms with van der Waals surface area (Å²) in [5.74, 6) is 0.710. The molecule has 1 heterocycles. The van der Waals surface area contributed by atoms with Crippen LogP contribution in [0.4, 0.5) is 0 Å². The van der Waals surface area contributed by atoms with E-state index < -0.39 is 0 Å². The van der Waals surface area contributed by atoms with Crippen molar-refractivity contribution in [1.82, 2.24) is 10.2 Å². The number of nitrogens with one attached hydrogen (secondary N) is 1. The second kappa shape index (κ2) is 6.46. The van der Waals surface area contributed by atoms with Crippen LogP contribution in [0.5, 0.6) is 0 Å². The maximum absolute atomic E-state index is 5.51. The van der Waals surface area contributed by atoms with Crippen molar-refractivity contribution in [2.75, 3.05) is 32.8 Å². The van der Waals surface area contributed by atoms with Gasteiger partial charge in [0.25, 0.3) is 0 Å². The number of hydrogen-bond donors (Lipinski definition) is 1. The fourth-order valence-corrected chi connectivity index (χ4v) is 2.29. The second-order valence-corrected chi connectivity index (χ2v) is 4.76. The van der Waals surface area contributed by atoms with Gasteiger partial charge in [0.15, 0.2) is 0 Å². The Bertz CT molecular complexity index is 173. The van der Waals surface area contributed by atoms with Crippen LogP contribution in [0.1, 0.15) is 27.7 Å². The van der Waals surface area contributed by atoms with Crippen LogP contribution in [-0.4, -0.2) is 49.8 Å². The van der Waals surface area contributed by atoms with Crippen molar-refractivity contribution in [3.63, 3.8) is 0 Å². The third-order valence-electron chi connectivity index (χ3n) is 3.23. The summed E-state index contributed by atoms with van der Waals surface area (Å²) in [6, 6.07) is 1.20. The molecule has 0 amide bonds. The fourth-order valence-electron chi connectivity index (χ4n) is 2.29. The first-order chi connectivity index (χ1) is 7.16. The Hall–Kier alpha value is -0.120. The highest BCUT2D eigenvalue weighted by Crippen LogP contribution is 2.16. The summed E-state index contributed by atoms with van der Waals surface area (Å²) in [7, 11) is 0. The molecule has 0 saturated carbocycles. The summed E-state index contributed by atoms with van der Waals surface area (Å²) in [4.78, 5) is 2.59. The van der Waals surface area contributed by atoms with E-state index in [1.807, 2.05) is 0 Å². The first-order valence-electron chi connectivity index (χ1n) is 6.21. The topological polar surface area (TPSA) is 24.5 Å². The predicted octanol–water partition coefficient (Wildman–Crippen LogP) is 1.34. The largest absolute Gasteiger partial charge is 0.380 e. The molecule has 3 nitrogen and oxygen atoms in total. The Morgan fingerprint density at radius 3 is 2.73 bits per heavy atom. The summed E-state index contributed by atoms with van der Waals surface area (Å²) in [6.45, 7) is 14.0. The molecule has 15 heavy (non-hydrogen) atoms. The zero-order valence-electron chi connectivity index (χ0n) is 10.6. The minimum absolute atomic E-state index is 0.541. The average molecular weight is 214 g/mol. The van der Waals surface area contributed by atoms with Gasteiger partial charge in [-0.3, -0.25) is 4.90 Å². The number of rotatable bonds is 5. The molecule has 0 bridgehead atoms. The summed E-state index contributed by atoms with van der Waals surface area (Å²) >= 11 is 0. The number of hydrogen-bond acceptors (Lipinski definition) is 3. The van der Waals surface area contributed by atoms with Crippen molar-refractivity contribution >= 4 is 0 Å². The molecule has 0 aliphatic carbocycles. The third kappa shape index (κ3) is 3.74. The van der Waals surface area contributed by atoms with Crippen LogP contribution in [0.2, 0.25) is 0 Å². The molecule has 0 aromatic rings. The van der Waals surface area contributed by atoms with Crippen LogP contribution in [0, 0.1) is 5.92 Å². The zero-order chi connectivity index (χ0) is 11.3. The minimum Gasteiger partial charge on any atom is -0.380 e. The highest BCUT2D eigenvalue weighted by molar-refractivity contribution is 4.85. The van der Waals surface area contributed by atoms with Crippen molar-refractivity contribution in [1.29, 1.82) is 0 Å². The van der Waals surface area contributed by atoms with Crippen LogP contribution in [0.3, 0.4) is 0 Å². The fraction of sp³-hybridized carbons (Fsp3) is 1.00. The van der Waals surface area contributed by atoms with Gasteiger partial charge in [0.1, 0.15) is 0 Å². The van der Waals surface area contributed by atoms with E-state index >= 15 is 0 Å². The van der Waals surface area contributed by atoms with E-state index in [0.29, 0.717) is 18.0 Å². The molecule has 3 heteroatoms. The molecule has 0 radical (unpaired) electrons. The number of ether oxygens (including phenoxy) is 1. The van der Waals surface area contributed by atoms with Crippen LogP contribution >= 0.6 is 0 Å². The van der Waals surface area contributed by atoms with Gasteiger partial charge in [-0.1, -0.05) is 13.8 Å². The van der Waals surface area contributed by atoms with Gasteiger partial charge >= 0.3 is 0 Å². The van der Waals surface area contributed by atoms with Gasteiger partial charge in [0.05, 0.1) is 6.61 Å². The third-order valence-corrected chi connectivity index (χ3v) is 3.23. The van der Waals surface area contributed by atoms with Crippen molar-refractivity contribution < 1.29 is 4.74 Å². The average Bonchev–Trinajstić information content (AvgIpc) is 2.25. The van der Waals surface area contributed by atoms with Gasteiger partial charge in [-0.15, -0.1) is 0 Å². The van der Waals surface area contributed by atoms with Crippen molar-refractivity contribution in [2.24, 2.45) is 5.92 Å². The highest BCUT2D eigenvalue weighted by atomic mass is 16.5. The van der Waals surface area contributed by atoms with E-state index in [1.165, 1.54) is 0 Å². The monoisotopic (exact) mass is 214 g/mol. The van der Waals surface area contributed by atoms with Crippen LogP contribution in [0.25, 0.3) is 0 Å². The van der Waals surface area contributed by atoms with Crippen molar-refractivity contribution in [3.05, 3.63) is 0 Å². The van der Waals surface area contributed by atoms with Crippen LogP contribution in [0.15, 0.2) is 0 Å². The Kier molecular flexibility index (Phi) is 5.58. The highest BCUT2D eigenvalue weighted by Gasteiger charge is 2.28. The zero-order valence-corrected chi connectivity index (χ0v) is 10.6. The summed E-state index contributed by atoms with van der Waals surface area (Å²) in [6.07, 6.45) is 0. The maximum atomic E-state index is 5.51. The minimum atomic E-state index is 0.541. The van der Waals surface area contributed by atoms with E-state index in [2.05, 4.69) is 37.9 Å². The van der Waals surface area contributed by atoms with Gasteiger partial charge < -0.3 is 10.1 Å². The molecule has 1 rings (SSSR count). The van der Waals surface area contributed by atoms with E-state index in [4.69, 9.17) is 4.74 Å². The van der Waals surface area contributed by atoms with Crippen molar-refractivity contribution in [3.8, 4) is 0 Å². The lowest BCUT2D eigenvalue weighted by atomic mass is 9.99. The van der Waals surface area contributed by atoms with E-state index in [9.17, 15) is 0 Å². The summed E-state index contributed by atoms with van der Waals surface area (Å²) < 4.78 is 5.51. The second-order valence-electron chi connectivity index (χ2n) is 4.76. The van der Waals surface area contributed by atoms with Gasteiger partial charge in [0, 0.05) is 38.3 Å². The normalized spacial score (nSPS) is 25.8. The van der Waals surface area contributed by atoms with Crippen molar-refractivity contribution in [2.45, 2.75) is 39.8 Å². The van der Waals surface area contributed by atoms with Gasteiger partial charge in [-0.05, 0) is 19.8 Å². The first-order valence-corrected chi connectivity index (χ1v) is 6.21. The molecule has 90 valence electrons. The molecule has 1 N–H and O–H groups in total. The summed E-state index contributed by atoms with van der Waals surface area (Å²) in [5, 5.41) is 3.47. The smallest absolute Gasteiger partial charge is 0.0619 e. The molecule has 1 saturated heterocycles. The van der Waals surface area contributed by atoms with Gasteiger partial charge in [-0.25, -0.2) is 0 Å². The quantitative estimate of drug-likeness (QED) is 0.747. The Morgan fingerprint density at radius 1 is 1.40 bits per heavy atom. The lowest BCUT2D eigenvalue weighted by molar-refractivity contribution is 0.0260. The molecular weight excluding hydrogens is 188 g/mol. The molecule has 1 fully saturated rings. The first kappa shape index (κ1) is 12.9. The van der Waals surface area contributed by atoms with E-state index in [1.54, 1.807) is 0 Å². The lowest BCUT2D eigenvalue weighted by Crippen LogP contribution is -2.57. The van der Waals surface area contributed by atoms with E-state index in [-0.39, 0.29) is 0 Å². The molecule has 2 unspecified atom stereocenters. The lowest BCUT2D eigenvalue weighted by Gasteiger charge is -2.42. The molecule has 0 aromatic carbocycles. The molecule has 2 atom stereocenters. The standard InChI is InChI=1S/C12H26N2O/c1-5-15-9-11(4)14-7-6-13-8-12(14)10(2)3/h10-13H,5-9H2,1-4H3. The van der Waals surface area contributed by atoms with Crippen LogP contribution < -0.4 is 5.32 Å². The maximum Gasteiger partial charge on any atom is 0.0619 e. The molecule has 1 aliphatic heterocycles. The molecule has 1 aliphatic rings. The Labute approximate surface area is 94.2 Å². The molecule has 0 aromatic heterocycles. The molecular formula is C12H26N2O. The Morgan fingerprint density at radius 2 is 2.13 bits per heavy atom. The summed E-state index contributed by atoms with van der Waals surface area (Å²) in [5.41, 5.74) is 0. The SMILES string of the molecule is CCOCC(C)N1CCNCC1C(C)C. The number of piperazine rings is 1. The Balaban J connectivity index is 2.47. The predicted molar refractivity (Wildman–Crippen MR) is 64.2 cm³/mol.